The van der Waals surface area contributed by atoms with Crippen LogP contribution in [0.2, 0.25) is 0 Å². The molecule has 0 saturated heterocycles. The van der Waals surface area contributed by atoms with Crippen molar-refractivity contribution in [3.05, 3.63) is 60.0 Å². The van der Waals surface area contributed by atoms with Crippen LogP contribution in [0.3, 0.4) is 0 Å². The van der Waals surface area contributed by atoms with Gasteiger partial charge in [0.25, 0.3) is 5.89 Å². The summed E-state index contributed by atoms with van der Waals surface area (Å²) in [6, 6.07) is 11.0. The van der Waals surface area contributed by atoms with E-state index in [2.05, 4.69) is 30.5 Å². The molecule has 1 aromatic carbocycles. The number of pyridine rings is 1. The topological polar surface area (TPSA) is 124 Å². The van der Waals surface area contributed by atoms with Crippen molar-refractivity contribution in [1.82, 2.24) is 30.5 Å². The van der Waals surface area contributed by atoms with E-state index in [1.165, 1.54) is 12.3 Å². The normalized spacial score (nSPS) is 11.8. The predicted octanol–water partition coefficient (Wildman–Crippen LogP) is 3.47. The van der Waals surface area contributed by atoms with Gasteiger partial charge >= 0.3 is 0 Å². The van der Waals surface area contributed by atoms with E-state index in [0.717, 1.165) is 17.7 Å². The van der Waals surface area contributed by atoms with Gasteiger partial charge in [0, 0.05) is 23.9 Å². The van der Waals surface area contributed by atoms with Gasteiger partial charge in [-0.2, -0.15) is 0 Å². The highest BCUT2D eigenvalue weighted by Crippen LogP contribution is 2.27. The second kappa shape index (κ2) is 9.16. The molecule has 0 spiro atoms. The van der Waals surface area contributed by atoms with Gasteiger partial charge in [-0.1, -0.05) is 12.1 Å². The highest BCUT2D eigenvalue weighted by molar-refractivity contribution is 7.91. The number of nitrogens with zero attached hydrogens (tertiary/aromatic N) is 5. The molecule has 0 fully saturated rings. The van der Waals surface area contributed by atoms with Gasteiger partial charge < -0.3 is 9.73 Å². The van der Waals surface area contributed by atoms with Gasteiger partial charge in [-0.3, -0.25) is 4.98 Å². The van der Waals surface area contributed by atoms with Crippen molar-refractivity contribution in [3.8, 4) is 34.3 Å². The van der Waals surface area contributed by atoms with Crippen LogP contribution < -0.4 is 5.32 Å². The van der Waals surface area contributed by atoms with Gasteiger partial charge in [-0.15, -0.1) is 10.2 Å². The molecule has 9 nitrogen and oxygen atoms in total. The summed E-state index contributed by atoms with van der Waals surface area (Å²) < 4.78 is 30.5. The molecule has 0 aliphatic heterocycles. The van der Waals surface area contributed by atoms with Crippen LogP contribution in [0.5, 0.6) is 0 Å². The number of sulfone groups is 1. The fraction of sp³-hybridized carbons (Fsp3) is 0.261. The first-order valence-corrected chi connectivity index (χ1v) is 12.0. The number of benzene rings is 1. The van der Waals surface area contributed by atoms with Crippen molar-refractivity contribution in [1.29, 1.82) is 0 Å². The van der Waals surface area contributed by atoms with Crippen molar-refractivity contribution >= 4 is 9.84 Å². The van der Waals surface area contributed by atoms with Gasteiger partial charge in [0.2, 0.25) is 5.89 Å². The fourth-order valence-electron chi connectivity index (χ4n) is 3.14. The maximum atomic E-state index is 12.3. The third kappa shape index (κ3) is 4.67. The lowest BCUT2D eigenvalue weighted by Crippen LogP contribution is -2.15. The van der Waals surface area contributed by atoms with E-state index >= 15 is 0 Å². The van der Waals surface area contributed by atoms with Crippen LogP contribution in [0.1, 0.15) is 25.1 Å². The molecule has 1 N–H and O–H groups in total. The smallest absolute Gasteiger partial charge is 0.268 e. The van der Waals surface area contributed by atoms with Crippen LogP contribution >= 0.6 is 0 Å². The average Bonchev–Trinajstić information content (AvgIpc) is 3.30. The standard InChI is InChI=1S/C23H24N6O3S/c1-14(2)33(30,31)20-10-9-18(12-26-20)19-13-25-15(3)21(27-19)23-29-28-22(32-23)17-7-5-16(6-8-17)11-24-4/h5-10,12-14,24H,11H2,1-4H3. The van der Waals surface area contributed by atoms with Crippen molar-refractivity contribution in [2.45, 2.75) is 37.6 Å². The Balaban J connectivity index is 1.63. The molecule has 33 heavy (non-hydrogen) atoms. The van der Waals surface area contributed by atoms with E-state index in [0.29, 0.717) is 28.5 Å². The number of aryl methyl sites for hydroxylation is 1. The minimum Gasteiger partial charge on any atom is -0.415 e. The molecule has 0 aliphatic carbocycles. The Kier molecular flexibility index (Phi) is 6.30. The zero-order valence-electron chi connectivity index (χ0n) is 18.8. The van der Waals surface area contributed by atoms with Crippen LogP contribution in [-0.4, -0.2) is 45.9 Å². The molecule has 4 rings (SSSR count). The molecule has 0 aliphatic rings. The third-order valence-corrected chi connectivity index (χ3v) is 7.17. The Morgan fingerprint density at radius 3 is 2.27 bits per heavy atom. The van der Waals surface area contributed by atoms with Crippen LogP contribution in [-0.2, 0) is 16.4 Å². The molecule has 0 radical (unpaired) electrons. The number of aromatic nitrogens is 5. The molecule has 0 atom stereocenters. The predicted molar refractivity (Wildman–Crippen MR) is 124 cm³/mol. The minimum absolute atomic E-state index is 0.0313. The highest BCUT2D eigenvalue weighted by Gasteiger charge is 2.21. The summed E-state index contributed by atoms with van der Waals surface area (Å²) in [6.45, 7) is 5.82. The lowest BCUT2D eigenvalue weighted by molar-refractivity contribution is 0.581. The van der Waals surface area contributed by atoms with Crippen LogP contribution in [0.15, 0.2) is 58.2 Å². The summed E-state index contributed by atoms with van der Waals surface area (Å²) in [5.41, 5.74) is 4.19. The SMILES string of the molecule is CNCc1ccc(-c2nnc(-c3nc(-c4ccc(S(=O)(=O)C(C)C)nc4)cnc3C)o2)cc1. The first kappa shape index (κ1) is 22.7. The lowest BCUT2D eigenvalue weighted by atomic mass is 10.1. The van der Waals surface area contributed by atoms with E-state index in [1.807, 2.05) is 31.3 Å². The van der Waals surface area contributed by atoms with Gasteiger partial charge in [-0.05, 0) is 57.6 Å². The Labute approximate surface area is 192 Å². The maximum absolute atomic E-state index is 12.3. The Morgan fingerprint density at radius 1 is 0.939 bits per heavy atom. The second-order valence-corrected chi connectivity index (χ2v) is 10.3. The van der Waals surface area contributed by atoms with Crippen LogP contribution in [0.4, 0.5) is 0 Å². The van der Waals surface area contributed by atoms with Gasteiger partial charge in [0.15, 0.2) is 14.9 Å². The molecular formula is C23H24N6O3S. The Bertz CT molecular complexity index is 1360. The van der Waals surface area contributed by atoms with Crippen LogP contribution in [0.25, 0.3) is 34.3 Å². The van der Waals surface area contributed by atoms with E-state index < -0.39 is 15.1 Å². The Morgan fingerprint density at radius 2 is 1.64 bits per heavy atom. The molecular weight excluding hydrogens is 440 g/mol. The van der Waals surface area contributed by atoms with Gasteiger partial charge in [0.05, 0.1) is 22.8 Å². The highest BCUT2D eigenvalue weighted by atomic mass is 32.2. The first-order valence-electron chi connectivity index (χ1n) is 10.4. The summed E-state index contributed by atoms with van der Waals surface area (Å²) in [7, 11) is -1.55. The number of hydrogen-bond acceptors (Lipinski definition) is 9. The molecule has 170 valence electrons. The zero-order chi connectivity index (χ0) is 23.6. The summed E-state index contributed by atoms with van der Waals surface area (Å²) >= 11 is 0. The average molecular weight is 465 g/mol. The van der Waals surface area contributed by atoms with E-state index in [9.17, 15) is 8.42 Å². The molecule has 0 amide bonds. The fourth-order valence-corrected chi connectivity index (χ4v) is 4.08. The summed E-state index contributed by atoms with van der Waals surface area (Å²) in [5.74, 6) is 0.639. The van der Waals surface area contributed by atoms with Crippen molar-refractivity contribution in [2.75, 3.05) is 7.05 Å². The van der Waals surface area contributed by atoms with Crippen molar-refractivity contribution in [3.63, 3.8) is 0 Å². The van der Waals surface area contributed by atoms with E-state index in [-0.39, 0.29) is 10.9 Å². The van der Waals surface area contributed by atoms with Crippen molar-refractivity contribution in [2.24, 2.45) is 0 Å². The third-order valence-electron chi connectivity index (χ3n) is 5.11. The molecule has 3 aromatic heterocycles. The Hall–Kier alpha value is -3.50. The molecule has 3 heterocycles. The van der Waals surface area contributed by atoms with Gasteiger partial charge in [-0.25, -0.2) is 18.4 Å². The minimum atomic E-state index is -3.45. The van der Waals surface area contributed by atoms with Gasteiger partial charge in [0.1, 0.15) is 5.69 Å². The lowest BCUT2D eigenvalue weighted by Gasteiger charge is -2.08. The molecule has 0 saturated carbocycles. The summed E-state index contributed by atoms with van der Waals surface area (Å²) in [5, 5.41) is 10.9. The van der Waals surface area contributed by atoms with Crippen LogP contribution in [0, 0.1) is 6.92 Å². The number of rotatable bonds is 7. The second-order valence-electron chi connectivity index (χ2n) is 7.81. The number of hydrogen-bond donors (Lipinski definition) is 1. The van der Waals surface area contributed by atoms with E-state index in [4.69, 9.17) is 4.42 Å². The first-order chi connectivity index (χ1) is 15.8. The summed E-state index contributed by atoms with van der Waals surface area (Å²) in [4.78, 5) is 13.2. The maximum Gasteiger partial charge on any atom is 0.268 e. The molecule has 4 aromatic rings. The summed E-state index contributed by atoms with van der Waals surface area (Å²) in [6.07, 6.45) is 3.08. The largest absolute Gasteiger partial charge is 0.415 e. The zero-order valence-corrected chi connectivity index (χ0v) is 19.6. The van der Waals surface area contributed by atoms with Crippen molar-refractivity contribution < 1.29 is 12.8 Å². The molecule has 0 bridgehead atoms. The van der Waals surface area contributed by atoms with E-state index in [1.54, 1.807) is 33.0 Å². The number of nitrogens with one attached hydrogen (secondary N) is 1. The molecule has 0 unspecified atom stereocenters. The molecule has 10 heteroatoms. The quantitative estimate of drug-likeness (QED) is 0.438. The monoisotopic (exact) mass is 464 g/mol.